The molecule has 0 aliphatic carbocycles. The number of hydrogen-bond donors (Lipinski definition) is 1. The monoisotopic (exact) mass is 461 g/mol. The number of ether oxygens (including phenoxy) is 2. The molecule has 3 rings (SSSR count). The molecule has 2 heterocycles. The fourth-order valence-corrected chi connectivity index (χ4v) is 3.82. The first kappa shape index (κ1) is 24.5. The zero-order valence-corrected chi connectivity index (χ0v) is 19.5. The fourth-order valence-electron chi connectivity index (χ4n) is 3.82. The number of H-pyrrole nitrogens is 1. The molecule has 0 bridgehead atoms. The zero-order valence-electron chi connectivity index (χ0n) is 19.5. The Morgan fingerprint density at radius 1 is 1.18 bits per heavy atom. The van der Waals surface area contributed by atoms with Crippen LogP contribution in [0.2, 0.25) is 0 Å². The van der Waals surface area contributed by atoms with Crippen LogP contribution in [-0.4, -0.2) is 59.6 Å². The topological polar surface area (TPSA) is 121 Å². The van der Waals surface area contributed by atoms with Crippen LogP contribution >= 0.6 is 0 Å². The van der Waals surface area contributed by atoms with Gasteiger partial charge in [-0.1, -0.05) is 37.3 Å². The number of carbonyl (C=O) groups excluding carboxylic acids is 2. The van der Waals surface area contributed by atoms with Crippen LogP contribution in [0.1, 0.15) is 42.1 Å². The number of aliphatic imine (C=N–C) groups is 1. The molecule has 1 aromatic carbocycles. The predicted molar refractivity (Wildman–Crippen MR) is 128 cm³/mol. The maximum absolute atomic E-state index is 13.2. The first-order valence-electron chi connectivity index (χ1n) is 11.0. The molecule has 9 heteroatoms. The number of aromatic nitrogens is 2. The average Bonchev–Trinajstić information content (AvgIpc) is 3.32. The Morgan fingerprint density at radius 3 is 2.59 bits per heavy atom. The Morgan fingerprint density at radius 2 is 1.94 bits per heavy atom. The van der Waals surface area contributed by atoms with Crippen molar-refractivity contribution in [2.75, 3.05) is 27.3 Å². The summed E-state index contributed by atoms with van der Waals surface area (Å²) in [6, 6.07) is 9.44. The van der Waals surface area contributed by atoms with Crippen molar-refractivity contribution in [3.8, 4) is 17.8 Å². The summed E-state index contributed by atoms with van der Waals surface area (Å²) in [4.78, 5) is 39.0. The van der Waals surface area contributed by atoms with Gasteiger partial charge in [0, 0.05) is 19.3 Å². The van der Waals surface area contributed by atoms with Crippen molar-refractivity contribution in [3.05, 3.63) is 53.9 Å². The van der Waals surface area contributed by atoms with Crippen LogP contribution in [0.15, 0.2) is 47.7 Å². The summed E-state index contributed by atoms with van der Waals surface area (Å²) in [7, 11) is 2.95. The normalized spacial score (nSPS) is 11.2. The highest BCUT2D eigenvalue weighted by Gasteiger charge is 2.27. The molecule has 0 aliphatic rings. The minimum Gasteiger partial charge on any atom is -0.494 e. The zero-order chi connectivity index (χ0) is 24.5. The molecule has 0 fully saturated rings. The van der Waals surface area contributed by atoms with Gasteiger partial charge in [-0.15, -0.1) is 0 Å². The molecule has 0 radical (unpaired) electrons. The van der Waals surface area contributed by atoms with Crippen LogP contribution in [0.3, 0.4) is 0 Å². The van der Waals surface area contributed by atoms with Gasteiger partial charge in [0.2, 0.25) is 12.1 Å². The molecule has 3 aromatic rings. The van der Waals surface area contributed by atoms with Crippen molar-refractivity contribution in [2.45, 2.75) is 26.2 Å². The summed E-state index contributed by atoms with van der Waals surface area (Å²) in [6.45, 7) is 2.74. The van der Waals surface area contributed by atoms with Gasteiger partial charge in [0.15, 0.2) is 0 Å². The van der Waals surface area contributed by atoms with Crippen molar-refractivity contribution in [3.63, 3.8) is 0 Å². The van der Waals surface area contributed by atoms with Gasteiger partial charge in [-0.3, -0.25) is 9.59 Å². The van der Waals surface area contributed by atoms with E-state index < -0.39 is 11.7 Å². The number of methoxy groups -OCH3 is 2. The summed E-state index contributed by atoms with van der Waals surface area (Å²) >= 11 is 0. The van der Waals surface area contributed by atoms with Crippen molar-refractivity contribution < 1.29 is 19.1 Å². The molecule has 0 saturated heterocycles. The molecular formula is C25H27N5O4. The van der Waals surface area contributed by atoms with E-state index in [1.807, 2.05) is 43.4 Å². The van der Waals surface area contributed by atoms with Crippen molar-refractivity contribution >= 4 is 28.3 Å². The van der Waals surface area contributed by atoms with Crippen LogP contribution in [-0.2, 0) is 4.79 Å². The number of fused-ring (bicyclic) bond motifs is 1. The second-order valence-electron chi connectivity index (χ2n) is 7.54. The summed E-state index contributed by atoms with van der Waals surface area (Å²) < 4.78 is 10.6. The van der Waals surface area contributed by atoms with E-state index in [9.17, 15) is 9.59 Å². The summed E-state index contributed by atoms with van der Waals surface area (Å²) in [5.41, 5.74) is 2.20. The van der Waals surface area contributed by atoms with Gasteiger partial charge in [0.1, 0.15) is 11.3 Å². The number of nitriles is 1. The molecule has 0 aliphatic heterocycles. The third kappa shape index (κ3) is 5.23. The van der Waals surface area contributed by atoms with E-state index in [4.69, 9.17) is 14.7 Å². The van der Waals surface area contributed by atoms with Crippen molar-refractivity contribution in [1.82, 2.24) is 14.9 Å². The fraction of sp³-hybridized carbons (Fsp3) is 0.320. The summed E-state index contributed by atoms with van der Waals surface area (Å²) in [5.74, 6) is -0.562. The minimum absolute atomic E-state index is 0.203. The third-order valence-corrected chi connectivity index (χ3v) is 5.41. The standard InChI is InChI=1S/C25H27N5O4/c1-4-12-30(13-8-11-19(29-16-26)17-9-6-5-7-10-17)25(32)23(31)18-14-27-22-21(18)20(33-2)15-28-24(22)34-3/h5-7,9-10,14-15,27H,4,8,11-13H2,1-3H3/b29-19-. The van der Waals surface area contributed by atoms with E-state index in [2.05, 4.69) is 15.0 Å². The third-order valence-electron chi connectivity index (χ3n) is 5.41. The Balaban J connectivity index is 1.79. The van der Waals surface area contributed by atoms with Gasteiger partial charge >= 0.3 is 0 Å². The summed E-state index contributed by atoms with van der Waals surface area (Å²) in [6.07, 6.45) is 6.55. The second kappa shape index (κ2) is 11.6. The lowest BCUT2D eigenvalue weighted by atomic mass is 10.0. The number of benzene rings is 1. The Bertz CT molecular complexity index is 1230. The number of hydrogen-bond acceptors (Lipinski definition) is 7. The minimum atomic E-state index is -0.639. The number of ketones is 1. The van der Waals surface area contributed by atoms with E-state index in [1.54, 1.807) is 4.90 Å². The first-order chi connectivity index (χ1) is 16.5. The van der Waals surface area contributed by atoms with Crippen LogP contribution in [0.4, 0.5) is 0 Å². The second-order valence-corrected chi connectivity index (χ2v) is 7.54. The highest BCUT2D eigenvalue weighted by atomic mass is 16.5. The highest BCUT2D eigenvalue weighted by molar-refractivity contribution is 6.45. The number of Topliss-reactive ketones (excluding diaryl/α,β-unsaturated/α-hetero) is 1. The smallest absolute Gasteiger partial charge is 0.295 e. The van der Waals surface area contributed by atoms with E-state index in [1.165, 1.54) is 26.6 Å². The number of nitrogens with zero attached hydrogens (tertiary/aromatic N) is 4. The number of aromatic amines is 1. The van der Waals surface area contributed by atoms with Crippen molar-refractivity contribution in [2.24, 2.45) is 4.99 Å². The lowest BCUT2D eigenvalue weighted by Crippen LogP contribution is -2.38. The Labute approximate surface area is 198 Å². The lowest BCUT2D eigenvalue weighted by Gasteiger charge is -2.21. The predicted octanol–water partition coefficient (Wildman–Crippen LogP) is 3.75. The number of carbonyl (C=O) groups is 2. The molecule has 1 amide bonds. The van der Waals surface area contributed by atoms with Crippen LogP contribution in [0, 0.1) is 11.5 Å². The van der Waals surface area contributed by atoms with Crippen molar-refractivity contribution in [1.29, 1.82) is 5.26 Å². The molecule has 0 unspecified atom stereocenters. The molecular weight excluding hydrogens is 434 g/mol. The molecule has 9 nitrogen and oxygen atoms in total. The summed E-state index contributed by atoms with van der Waals surface area (Å²) in [5, 5.41) is 9.51. The van der Waals surface area contributed by atoms with Gasteiger partial charge in [-0.05, 0) is 24.8 Å². The molecule has 0 saturated carbocycles. The van der Waals surface area contributed by atoms with E-state index in [0.29, 0.717) is 60.6 Å². The highest BCUT2D eigenvalue weighted by Crippen LogP contribution is 2.33. The van der Waals surface area contributed by atoms with Crippen LogP contribution in [0.5, 0.6) is 11.6 Å². The van der Waals surface area contributed by atoms with Gasteiger partial charge in [0.05, 0.1) is 37.1 Å². The average molecular weight is 462 g/mol. The first-order valence-corrected chi connectivity index (χ1v) is 11.0. The molecule has 2 aromatic heterocycles. The Kier molecular flexibility index (Phi) is 8.35. The SMILES string of the molecule is CCCN(CCC/C(=N/C#N)c1ccccc1)C(=O)C(=O)c1c[nH]c2c(OC)ncc(OC)c12. The van der Waals surface area contributed by atoms with Gasteiger partial charge in [-0.2, -0.15) is 10.3 Å². The number of rotatable bonds is 11. The van der Waals surface area contributed by atoms with E-state index in [-0.39, 0.29) is 5.56 Å². The maximum atomic E-state index is 13.2. The van der Waals surface area contributed by atoms with Gasteiger partial charge < -0.3 is 19.4 Å². The quantitative estimate of drug-likeness (QED) is 0.201. The van der Waals surface area contributed by atoms with E-state index >= 15 is 0 Å². The molecule has 176 valence electrons. The molecule has 0 spiro atoms. The molecule has 1 N–H and O–H groups in total. The number of nitrogens with one attached hydrogen (secondary N) is 1. The lowest BCUT2D eigenvalue weighted by molar-refractivity contribution is -0.126. The molecule has 0 atom stereocenters. The van der Waals surface area contributed by atoms with Crippen LogP contribution in [0.25, 0.3) is 10.9 Å². The van der Waals surface area contributed by atoms with E-state index in [0.717, 1.165) is 5.56 Å². The maximum Gasteiger partial charge on any atom is 0.295 e. The largest absolute Gasteiger partial charge is 0.494 e. The van der Waals surface area contributed by atoms with Gasteiger partial charge in [0.25, 0.3) is 11.7 Å². The van der Waals surface area contributed by atoms with Crippen LogP contribution < -0.4 is 9.47 Å². The van der Waals surface area contributed by atoms with Gasteiger partial charge in [-0.25, -0.2) is 4.98 Å². The molecule has 34 heavy (non-hydrogen) atoms. The number of pyridine rings is 1. The Hall–Kier alpha value is -4.19. The number of amides is 1.